The number of hydrogen-bond donors (Lipinski definition) is 4. The van der Waals surface area contributed by atoms with E-state index in [0.29, 0.717) is 13.0 Å². The smallest absolute Gasteiger partial charge is 0.243 e. The number of carbonyl (C=O) groups excluding carboxylic acids is 1. The van der Waals surface area contributed by atoms with E-state index in [1.165, 1.54) is 6.08 Å². The Balaban J connectivity index is 2.14. The number of allylic oxidation sites excluding steroid dienone is 9. The van der Waals surface area contributed by atoms with Crippen molar-refractivity contribution in [3.05, 3.63) is 72.9 Å². The van der Waals surface area contributed by atoms with Crippen molar-refractivity contribution in [2.75, 3.05) is 13.6 Å². The van der Waals surface area contributed by atoms with E-state index in [1.807, 2.05) is 42.5 Å². The molecule has 2 aliphatic rings. The Morgan fingerprint density at radius 3 is 2.31 bits per heavy atom. The highest BCUT2D eigenvalue weighted by atomic mass is 16.7. The molecule has 1 amide bonds. The van der Waals surface area contributed by atoms with E-state index < -0.39 is 30.6 Å². The average molecular weight is 487 g/mol. The topological polar surface area (TPSA) is 100 Å². The van der Waals surface area contributed by atoms with Crippen LogP contribution in [0.1, 0.15) is 33.6 Å². The zero-order chi connectivity index (χ0) is 25.6. The Bertz CT molecular complexity index is 816. The van der Waals surface area contributed by atoms with Crippen molar-refractivity contribution in [2.45, 2.75) is 70.4 Å². The molecule has 2 rings (SSSR count). The second kappa shape index (κ2) is 15.7. The first-order valence-electron chi connectivity index (χ1n) is 12.5. The molecule has 2 heterocycles. The summed E-state index contributed by atoms with van der Waals surface area (Å²) in [6.07, 6.45) is 21.0. The minimum atomic E-state index is -0.993. The van der Waals surface area contributed by atoms with Gasteiger partial charge in [0, 0.05) is 12.6 Å². The summed E-state index contributed by atoms with van der Waals surface area (Å²) in [5.41, 5.74) is 0. The predicted octanol–water partition coefficient (Wildman–Crippen LogP) is 2.95. The molecule has 8 atom stereocenters. The molecule has 35 heavy (non-hydrogen) atoms. The lowest BCUT2D eigenvalue weighted by molar-refractivity contribution is -0.287. The van der Waals surface area contributed by atoms with Crippen LogP contribution < -0.4 is 10.6 Å². The summed E-state index contributed by atoms with van der Waals surface area (Å²) in [5, 5.41) is 26.9. The van der Waals surface area contributed by atoms with Gasteiger partial charge in [-0.1, -0.05) is 80.7 Å². The molecule has 0 bridgehead atoms. The molecule has 194 valence electrons. The molecule has 2 aliphatic heterocycles. The van der Waals surface area contributed by atoms with Crippen molar-refractivity contribution in [2.24, 2.45) is 11.8 Å². The molecule has 0 spiro atoms. The van der Waals surface area contributed by atoms with Gasteiger partial charge in [0.05, 0.1) is 24.4 Å². The lowest BCUT2D eigenvalue weighted by Crippen LogP contribution is -2.62. The Morgan fingerprint density at radius 2 is 1.60 bits per heavy atom. The Morgan fingerprint density at radius 1 is 0.943 bits per heavy atom. The molecule has 0 radical (unpaired) electrons. The second-order valence-electron chi connectivity index (χ2n) is 9.22. The fraction of sp³-hybridized carbons (Fsp3) is 0.536. The minimum Gasteiger partial charge on any atom is -0.389 e. The van der Waals surface area contributed by atoms with Gasteiger partial charge in [0.25, 0.3) is 0 Å². The molecule has 8 unspecified atom stereocenters. The quantitative estimate of drug-likeness (QED) is 0.490. The summed E-state index contributed by atoms with van der Waals surface area (Å²) in [5.74, 6) is 0.259. The van der Waals surface area contributed by atoms with Crippen LogP contribution in [0, 0.1) is 11.8 Å². The lowest BCUT2D eigenvalue weighted by atomic mass is 9.95. The predicted molar refractivity (Wildman–Crippen MR) is 139 cm³/mol. The van der Waals surface area contributed by atoms with Gasteiger partial charge in [-0.3, -0.25) is 4.79 Å². The maximum absolute atomic E-state index is 11.9. The highest BCUT2D eigenvalue weighted by Gasteiger charge is 2.43. The standard InChI is InChI=1S/C28H42N2O5/c1-20-15-11-7-5-8-12-16-21(2)23(17-13-9-6-10-14-18-24(31)30-19-20)35-28-27(33)25(29-4)26(32)22(3)34-28/h5-15,18,20-23,25-29,32-33H,16-17,19H2,1-4H3,(H,30,31)/b7-5-,10-6+,12-8+,13-9-,15-11+,18-14-. The molecular formula is C28H42N2O5. The van der Waals surface area contributed by atoms with Gasteiger partial charge < -0.3 is 30.3 Å². The van der Waals surface area contributed by atoms with Gasteiger partial charge in [-0.15, -0.1) is 0 Å². The fourth-order valence-corrected chi connectivity index (χ4v) is 3.94. The van der Waals surface area contributed by atoms with Crippen LogP contribution in [0.3, 0.4) is 0 Å². The zero-order valence-corrected chi connectivity index (χ0v) is 21.3. The van der Waals surface area contributed by atoms with Crippen molar-refractivity contribution in [3.8, 4) is 0 Å². The summed E-state index contributed by atoms with van der Waals surface area (Å²) in [6, 6.07) is -0.533. The normalized spacial score (nSPS) is 41.1. The Kier molecular flexibility index (Phi) is 12.9. The monoisotopic (exact) mass is 486 g/mol. The van der Waals surface area contributed by atoms with Crippen LogP contribution in [0.2, 0.25) is 0 Å². The molecular weight excluding hydrogens is 444 g/mol. The largest absolute Gasteiger partial charge is 0.389 e. The molecule has 7 heteroatoms. The first kappa shape index (κ1) is 28.9. The Labute approximate surface area is 210 Å². The zero-order valence-electron chi connectivity index (χ0n) is 21.3. The molecule has 1 saturated heterocycles. The van der Waals surface area contributed by atoms with Crippen LogP contribution in [0.25, 0.3) is 0 Å². The number of nitrogens with one attached hydrogen (secondary N) is 2. The van der Waals surface area contributed by atoms with Crippen LogP contribution in [0.15, 0.2) is 72.9 Å². The number of carbonyl (C=O) groups is 1. The maximum atomic E-state index is 11.9. The van der Waals surface area contributed by atoms with Crippen molar-refractivity contribution in [1.82, 2.24) is 10.6 Å². The number of rotatable bonds is 3. The van der Waals surface area contributed by atoms with Crippen LogP contribution in [-0.2, 0) is 14.3 Å². The number of aliphatic hydroxyl groups is 2. The average Bonchev–Trinajstić information content (AvgIpc) is 2.83. The van der Waals surface area contributed by atoms with Gasteiger partial charge in [-0.05, 0) is 38.6 Å². The van der Waals surface area contributed by atoms with Crippen LogP contribution >= 0.6 is 0 Å². The summed E-state index contributed by atoms with van der Waals surface area (Å²) in [7, 11) is 1.70. The summed E-state index contributed by atoms with van der Waals surface area (Å²) in [6.45, 7) is 6.52. The van der Waals surface area contributed by atoms with Gasteiger partial charge in [0.2, 0.25) is 5.91 Å². The Hall–Kier alpha value is -2.29. The van der Waals surface area contributed by atoms with Gasteiger partial charge in [0.1, 0.15) is 6.10 Å². The first-order chi connectivity index (χ1) is 16.8. The van der Waals surface area contributed by atoms with Crippen LogP contribution in [0.4, 0.5) is 0 Å². The summed E-state index contributed by atoms with van der Waals surface area (Å²) in [4.78, 5) is 11.9. The van der Waals surface area contributed by atoms with E-state index in [4.69, 9.17) is 9.47 Å². The number of hydrogen-bond acceptors (Lipinski definition) is 6. The minimum absolute atomic E-state index is 0.126. The highest BCUT2D eigenvalue weighted by molar-refractivity contribution is 5.87. The number of likely N-dealkylation sites (N-methyl/N-ethyl adjacent to an activating group) is 1. The molecule has 0 saturated carbocycles. The highest BCUT2D eigenvalue weighted by Crippen LogP contribution is 2.26. The van der Waals surface area contributed by atoms with E-state index in [1.54, 1.807) is 26.1 Å². The lowest BCUT2D eigenvalue weighted by Gasteiger charge is -2.43. The second-order valence-corrected chi connectivity index (χ2v) is 9.22. The van der Waals surface area contributed by atoms with Crippen LogP contribution in [-0.4, -0.2) is 66.5 Å². The van der Waals surface area contributed by atoms with Crippen LogP contribution in [0.5, 0.6) is 0 Å². The molecule has 0 aromatic heterocycles. The van der Waals surface area contributed by atoms with Gasteiger partial charge in [-0.2, -0.15) is 0 Å². The van der Waals surface area contributed by atoms with Crippen molar-refractivity contribution in [3.63, 3.8) is 0 Å². The number of ether oxygens (including phenoxy) is 2. The molecule has 1 fully saturated rings. The van der Waals surface area contributed by atoms with Crippen molar-refractivity contribution in [1.29, 1.82) is 0 Å². The molecule has 0 aliphatic carbocycles. The molecule has 4 N–H and O–H groups in total. The third-order valence-corrected chi connectivity index (χ3v) is 6.22. The van der Waals surface area contributed by atoms with E-state index >= 15 is 0 Å². The first-order valence-corrected chi connectivity index (χ1v) is 12.5. The third-order valence-electron chi connectivity index (χ3n) is 6.22. The van der Waals surface area contributed by atoms with E-state index in [-0.39, 0.29) is 23.8 Å². The summed E-state index contributed by atoms with van der Waals surface area (Å²) < 4.78 is 12.1. The number of aliphatic hydroxyl groups excluding tert-OH is 2. The van der Waals surface area contributed by atoms with Crippen molar-refractivity contribution < 1.29 is 24.5 Å². The fourth-order valence-electron chi connectivity index (χ4n) is 3.94. The maximum Gasteiger partial charge on any atom is 0.243 e. The molecule has 0 aromatic rings. The molecule has 7 nitrogen and oxygen atoms in total. The van der Waals surface area contributed by atoms with Gasteiger partial charge in [0.15, 0.2) is 6.29 Å². The molecule has 0 aromatic carbocycles. The summed E-state index contributed by atoms with van der Waals surface area (Å²) >= 11 is 0. The van der Waals surface area contributed by atoms with E-state index in [9.17, 15) is 15.0 Å². The number of amides is 1. The van der Waals surface area contributed by atoms with Gasteiger partial charge >= 0.3 is 0 Å². The van der Waals surface area contributed by atoms with E-state index in [2.05, 4.69) is 36.6 Å². The van der Waals surface area contributed by atoms with Gasteiger partial charge in [-0.25, -0.2) is 0 Å². The van der Waals surface area contributed by atoms with E-state index in [0.717, 1.165) is 6.42 Å². The SMILES string of the molecule is CNC1C(O)C(C)OC(OC2C\C=C/C=C/C=C\C(=O)NCC(C)/C=C/C=C\C=C\CC2C)C1O. The third kappa shape index (κ3) is 10.1. The van der Waals surface area contributed by atoms with Crippen molar-refractivity contribution >= 4 is 5.91 Å².